The van der Waals surface area contributed by atoms with Gasteiger partial charge in [-0.25, -0.2) is 0 Å². The van der Waals surface area contributed by atoms with Crippen molar-refractivity contribution < 1.29 is 0 Å². The molecule has 0 spiro atoms. The van der Waals surface area contributed by atoms with Gasteiger partial charge < -0.3 is 29.4 Å². The van der Waals surface area contributed by atoms with Gasteiger partial charge in [0.25, 0.3) is 0 Å². The number of piperazine rings is 2. The molecule has 1 saturated carbocycles. The Balaban J connectivity index is 0.000000327. The van der Waals surface area contributed by atoms with Gasteiger partial charge in [0.15, 0.2) is 0 Å². The Morgan fingerprint density at radius 2 is 1.00 bits per heavy atom. The van der Waals surface area contributed by atoms with E-state index in [1.54, 1.807) is 0 Å². The largest absolute Gasteiger partial charge is 0.306 e. The van der Waals surface area contributed by atoms with Crippen LogP contribution in [-0.2, 0) is 0 Å². The second kappa shape index (κ2) is 27.4. The molecule has 4 fully saturated rings. The zero-order valence-electron chi connectivity index (χ0n) is 36.0. The molecule has 2 unspecified atom stereocenters. The van der Waals surface area contributed by atoms with Crippen molar-refractivity contribution in [1.82, 2.24) is 29.4 Å². The third kappa shape index (κ3) is 25.4. The second-order valence-corrected chi connectivity index (χ2v) is 18.3. The third-order valence-corrected chi connectivity index (χ3v) is 11.7. The molecule has 3 heterocycles. The first-order valence-electron chi connectivity index (χ1n) is 21.5. The number of nitrogens with zero attached hydrogens (tertiary/aromatic N) is 6. The van der Waals surface area contributed by atoms with Crippen molar-refractivity contribution in [2.45, 2.75) is 121 Å². The van der Waals surface area contributed by atoms with Crippen LogP contribution < -0.4 is 0 Å². The molecule has 0 amide bonds. The summed E-state index contributed by atoms with van der Waals surface area (Å²) in [5.41, 5.74) is 0. The summed E-state index contributed by atoms with van der Waals surface area (Å²) in [5, 5.41) is 0. The van der Waals surface area contributed by atoms with Crippen molar-refractivity contribution in [3.8, 4) is 0 Å². The van der Waals surface area contributed by atoms with E-state index in [0.29, 0.717) is 0 Å². The average Bonchev–Trinajstić information content (AvgIpc) is 3.89. The van der Waals surface area contributed by atoms with Gasteiger partial charge in [0, 0.05) is 72.0 Å². The standard InChI is InChI=1S/2C11H24N2.C11H23N.C10H21N/c1-10(2)11(3)9-13-7-5-12(4)6-8-13;1-4-12-7-9-13(10-8-12)6-5-11(2)3;1-10(2)11(3)9-12-7-5-4-6-8-12;1-9(2)6-7-11(3)8-10-4-5-10/h10-11H,5-9H2,1-4H3;11H,4-10H2,1-3H3;10-11H,4-9H2,1-3H3;9-10H,4-8H2,1-3H3. The highest BCUT2D eigenvalue weighted by molar-refractivity contribution is 4.76. The first kappa shape index (κ1) is 46.8. The van der Waals surface area contributed by atoms with Crippen LogP contribution >= 0.6 is 0 Å². The lowest BCUT2D eigenvalue weighted by molar-refractivity contribution is 0.129. The van der Waals surface area contributed by atoms with E-state index in [2.05, 4.69) is 120 Å². The van der Waals surface area contributed by atoms with Gasteiger partial charge in [-0.3, -0.25) is 0 Å². The van der Waals surface area contributed by atoms with Crippen LogP contribution in [0.2, 0.25) is 0 Å². The van der Waals surface area contributed by atoms with E-state index >= 15 is 0 Å². The average molecular weight is 693 g/mol. The van der Waals surface area contributed by atoms with Crippen molar-refractivity contribution in [2.24, 2.45) is 41.4 Å². The van der Waals surface area contributed by atoms with Crippen molar-refractivity contribution in [1.29, 1.82) is 0 Å². The minimum Gasteiger partial charge on any atom is -0.306 e. The topological polar surface area (TPSA) is 19.4 Å². The van der Waals surface area contributed by atoms with Gasteiger partial charge >= 0.3 is 0 Å². The fraction of sp³-hybridized carbons (Fsp3) is 1.00. The van der Waals surface area contributed by atoms with Crippen LogP contribution in [0.1, 0.15) is 121 Å². The van der Waals surface area contributed by atoms with Crippen LogP contribution in [0.3, 0.4) is 0 Å². The fourth-order valence-electron chi connectivity index (χ4n) is 6.49. The molecule has 3 aliphatic heterocycles. The highest BCUT2D eigenvalue weighted by Crippen LogP contribution is 2.29. The monoisotopic (exact) mass is 693 g/mol. The van der Waals surface area contributed by atoms with Gasteiger partial charge in [0.05, 0.1) is 0 Å². The molecule has 1 aliphatic carbocycles. The lowest BCUT2D eigenvalue weighted by atomic mass is 9.96. The predicted octanol–water partition coefficient (Wildman–Crippen LogP) is 8.33. The molecular weight excluding hydrogens is 601 g/mol. The van der Waals surface area contributed by atoms with E-state index in [1.807, 2.05) is 0 Å². The number of hydrogen-bond donors (Lipinski definition) is 0. The van der Waals surface area contributed by atoms with Gasteiger partial charge in [-0.05, 0) is 127 Å². The maximum atomic E-state index is 2.63. The first-order chi connectivity index (χ1) is 23.2. The second-order valence-electron chi connectivity index (χ2n) is 18.3. The van der Waals surface area contributed by atoms with Gasteiger partial charge in [-0.1, -0.05) is 82.6 Å². The molecule has 49 heavy (non-hydrogen) atoms. The molecule has 4 rings (SSSR count). The molecule has 2 atom stereocenters. The molecule has 0 aromatic carbocycles. The highest BCUT2D eigenvalue weighted by Gasteiger charge is 2.22. The Morgan fingerprint density at radius 1 is 0.551 bits per heavy atom. The zero-order chi connectivity index (χ0) is 36.8. The van der Waals surface area contributed by atoms with Gasteiger partial charge in [0.1, 0.15) is 0 Å². The number of rotatable bonds is 15. The van der Waals surface area contributed by atoms with Crippen LogP contribution in [0.5, 0.6) is 0 Å². The van der Waals surface area contributed by atoms with E-state index in [0.717, 1.165) is 41.4 Å². The number of piperidine rings is 1. The number of likely N-dealkylation sites (tertiary alicyclic amines) is 1. The van der Waals surface area contributed by atoms with E-state index in [9.17, 15) is 0 Å². The fourth-order valence-corrected chi connectivity index (χ4v) is 6.49. The number of hydrogen-bond acceptors (Lipinski definition) is 6. The molecule has 0 aromatic rings. The summed E-state index contributed by atoms with van der Waals surface area (Å²) < 4.78 is 0. The molecule has 0 N–H and O–H groups in total. The van der Waals surface area contributed by atoms with E-state index in [-0.39, 0.29) is 0 Å². The quantitative estimate of drug-likeness (QED) is 0.171. The summed E-state index contributed by atoms with van der Waals surface area (Å²) in [5.74, 6) is 6.12. The van der Waals surface area contributed by atoms with E-state index in [4.69, 9.17) is 0 Å². The minimum atomic E-state index is 0.819. The van der Waals surface area contributed by atoms with Crippen LogP contribution in [-0.4, -0.2) is 148 Å². The van der Waals surface area contributed by atoms with Gasteiger partial charge in [-0.2, -0.15) is 0 Å². The Morgan fingerprint density at radius 3 is 1.43 bits per heavy atom. The van der Waals surface area contributed by atoms with Crippen LogP contribution in [0.4, 0.5) is 0 Å². The summed E-state index contributed by atoms with van der Waals surface area (Å²) in [4.78, 5) is 15.3. The van der Waals surface area contributed by atoms with Crippen LogP contribution in [0, 0.1) is 41.4 Å². The normalized spacial score (nSPS) is 21.7. The molecule has 6 nitrogen and oxygen atoms in total. The summed E-state index contributed by atoms with van der Waals surface area (Å²) in [6.45, 7) is 46.0. The first-order valence-corrected chi connectivity index (χ1v) is 21.5. The molecular formula is C43H92N6. The summed E-state index contributed by atoms with van der Waals surface area (Å²) in [6, 6.07) is 0. The Labute approximate surface area is 310 Å². The Hall–Kier alpha value is -0.240. The lowest BCUT2D eigenvalue weighted by Crippen LogP contribution is -2.46. The maximum Gasteiger partial charge on any atom is 0.0110 e. The molecule has 4 aliphatic rings. The van der Waals surface area contributed by atoms with Crippen LogP contribution in [0.25, 0.3) is 0 Å². The lowest BCUT2D eigenvalue weighted by Gasteiger charge is -2.34. The smallest absolute Gasteiger partial charge is 0.0110 e. The Bertz CT molecular complexity index is 731. The molecule has 294 valence electrons. The minimum absolute atomic E-state index is 0.819. The molecule has 0 bridgehead atoms. The molecule has 3 saturated heterocycles. The van der Waals surface area contributed by atoms with Crippen molar-refractivity contribution in [3.63, 3.8) is 0 Å². The maximum absolute atomic E-state index is 2.63. The SMILES string of the molecule is CC(C)C(C)CN1CCCCC1.CC(C)C(C)CN1CCN(C)CC1.CC(C)CCN(C)CC1CC1.CCN1CCN(CCC(C)C)CC1. The predicted molar refractivity (Wildman–Crippen MR) is 220 cm³/mol. The van der Waals surface area contributed by atoms with Crippen molar-refractivity contribution in [3.05, 3.63) is 0 Å². The number of likely N-dealkylation sites (N-methyl/N-ethyl adjacent to an activating group) is 2. The van der Waals surface area contributed by atoms with Crippen molar-refractivity contribution in [2.75, 3.05) is 119 Å². The van der Waals surface area contributed by atoms with Crippen molar-refractivity contribution >= 4 is 0 Å². The zero-order valence-corrected chi connectivity index (χ0v) is 36.0. The Kier molecular flexibility index (Phi) is 26.1. The molecule has 0 aromatic heterocycles. The molecule has 0 radical (unpaired) electrons. The van der Waals surface area contributed by atoms with E-state index in [1.165, 1.54) is 150 Å². The molecule has 6 heteroatoms. The van der Waals surface area contributed by atoms with Crippen LogP contribution in [0.15, 0.2) is 0 Å². The van der Waals surface area contributed by atoms with E-state index < -0.39 is 0 Å². The summed E-state index contributed by atoms with van der Waals surface area (Å²) in [6.07, 6.45) is 9.95. The summed E-state index contributed by atoms with van der Waals surface area (Å²) >= 11 is 0. The summed E-state index contributed by atoms with van der Waals surface area (Å²) in [7, 11) is 4.46. The van der Waals surface area contributed by atoms with Gasteiger partial charge in [0.2, 0.25) is 0 Å². The highest BCUT2D eigenvalue weighted by atomic mass is 15.3. The van der Waals surface area contributed by atoms with Gasteiger partial charge in [-0.15, -0.1) is 0 Å². The third-order valence-electron chi connectivity index (χ3n) is 11.7.